The molecule has 0 saturated heterocycles. The van der Waals surface area contributed by atoms with Gasteiger partial charge in [0.2, 0.25) is 0 Å². The summed E-state index contributed by atoms with van der Waals surface area (Å²) < 4.78 is 10.2. The van der Waals surface area contributed by atoms with Crippen molar-refractivity contribution in [1.82, 2.24) is 0 Å². The number of esters is 1. The summed E-state index contributed by atoms with van der Waals surface area (Å²) in [5.41, 5.74) is 2.85. The molecule has 0 aromatic heterocycles. The third-order valence-corrected chi connectivity index (χ3v) is 3.60. The summed E-state index contributed by atoms with van der Waals surface area (Å²) in [6.45, 7) is 0. The first-order valence-electron chi connectivity index (χ1n) is 7.35. The molecule has 0 aliphatic carbocycles. The van der Waals surface area contributed by atoms with Crippen molar-refractivity contribution in [2.75, 3.05) is 26.6 Å². The van der Waals surface area contributed by atoms with Crippen LogP contribution in [0.4, 0.5) is 5.69 Å². The predicted molar refractivity (Wildman–Crippen MR) is 93.7 cm³/mol. The summed E-state index contributed by atoms with van der Waals surface area (Å²) in [6.07, 6.45) is 0.750. The standard InChI is InChI=1S/C19H19NO4/c1-20-17-11-14(19(22)24-3)9-10-15(17)16(12-21)18(23-2)13-7-5-4-6-8-13/h4-12,20H,1-3H3/b18-16+. The minimum absolute atomic E-state index is 0.393. The summed E-state index contributed by atoms with van der Waals surface area (Å²) in [5, 5.41) is 3.00. The van der Waals surface area contributed by atoms with Crippen LogP contribution in [0, 0.1) is 0 Å². The molecule has 24 heavy (non-hydrogen) atoms. The molecule has 5 heteroatoms. The van der Waals surface area contributed by atoms with Crippen LogP contribution >= 0.6 is 0 Å². The second-order valence-corrected chi connectivity index (χ2v) is 4.93. The highest BCUT2D eigenvalue weighted by Crippen LogP contribution is 2.31. The zero-order chi connectivity index (χ0) is 17.5. The first-order chi connectivity index (χ1) is 11.7. The van der Waals surface area contributed by atoms with Gasteiger partial charge in [0.25, 0.3) is 0 Å². The average molecular weight is 325 g/mol. The molecule has 1 N–H and O–H groups in total. The third-order valence-electron chi connectivity index (χ3n) is 3.60. The number of rotatable bonds is 6. The van der Waals surface area contributed by atoms with Gasteiger partial charge < -0.3 is 14.8 Å². The van der Waals surface area contributed by atoms with Crippen molar-refractivity contribution < 1.29 is 19.1 Å². The van der Waals surface area contributed by atoms with Gasteiger partial charge in [-0.25, -0.2) is 4.79 Å². The van der Waals surface area contributed by atoms with Gasteiger partial charge in [-0.1, -0.05) is 36.4 Å². The van der Waals surface area contributed by atoms with E-state index in [1.807, 2.05) is 30.3 Å². The molecule has 0 saturated carbocycles. The van der Waals surface area contributed by atoms with Crippen molar-refractivity contribution in [3.8, 4) is 0 Å². The lowest BCUT2D eigenvalue weighted by molar-refractivity contribution is -0.103. The molecular weight excluding hydrogens is 306 g/mol. The van der Waals surface area contributed by atoms with Crippen molar-refractivity contribution in [2.24, 2.45) is 0 Å². The second kappa shape index (κ2) is 7.97. The van der Waals surface area contributed by atoms with Crippen molar-refractivity contribution in [3.05, 3.63) is 65.2 Å². The molecule has 2 aromatic rings. The number of ether oxygens (including phenoxy) is 2. The number of hydrogen-bond donors (Lipinski definition) is 1. The lowest BCUT2D eigenvalue weighted by Crippen LogP contribution is -2.05. The number of anilines is 1. The maximum atomic E-state index is 11.8. The highest BCUT2D eigenvalue weighted by atomic mass is 16.5. The Balaban J connectivity index is 2.63. The Kier molecular flexibility index (Phi) is 5.73. The summed E-state index contributed by atoms with van der Waals surface area (Å²) in [6, 6.07) is 14.3. The van der Waals surface area contributed by atoms with Crippen molar-refractivity contribution in [3.63, 3.8) is 0 Å². The fourth-order valence-electron chi connectivity index (χ4n) is 2.44. The van der Waals surface area contributed by atoms with Gasteiger partial charge in [-0.3, -0.25) is 4.79 Å². The zero-order valence-corrected chi connectivity index (χ0v) is 13.8. The number of hydrogen-bond acceptors (Lipinski definition) is 5. The summed E-state index contributed by atoms with van der Waals surface area (Å²) in [7, 11) is 4.56. The van der Waals surface area contributed by atoms with E-state index in [0.29, 0.717) is 28.1 Å². The Morgan fingerprint density at radius 1 is 1.00 bits per heavy atom. The minimum atomic E-state index is -0.440. The molecule has 0 amide bonds. The molecule has 0 fully saturated rings. The summed E-state index contributed by atoms with van der Waals surface area (Å²) in [4.78, 5) is 23.5. The van der Waals surface area contributed by atoms with Gasteiger partial charge in [0.05, 0.1) is 25.4 Å². The molecule has 0 spiro atoms. The molecule has 0 unspecified atom stereocenters. The van der Waals surface area contributed by atoms with Crippen LogP contribution < -0.4 is 5.32 Å². The maximum Gasteiger partial charge on any atom is 0.337 e. The molecule has 2 rings (SSSR count). The Morgan fingerprint density at radius 2 is 1.71 bits per heavy atom. The number of aldehydes is 1. The number of benzene rings is 2. The number of methoxy groups -OCH3 is 2. The van der Waals surface area contributed by atoms with Crippen LogP contribution in [0.1, 0.15) is 21.5 Å². The van der Waals surface area contributed by atoms with Crippen molar-refractivity contribution in [2.45, 2.75) is 0 Å². The minimum Gasteiger partial charge on any atom is -0.495 e. The van der Waals surface area contributed by atoms with Gasteiger partial charge in [0.15, 0.2) is 6.29 Å². The van der Waals surface area contributed by atoms with E-state index < -0.39 is 5.97 Å². The van der Waals surface area contributed by atoms with Crippen LogP contribution in [0.2, 0.25) is 0 Å². The van der Waals surface area contributed by atoms with E-state index in [0.717, 1.165) is 11.8 Å². The number of nitrogens with one attached hydrogen (secondary N) is 1. The first-order valence-corrected chi connectivity index (χ1v) is 7.35. The zero-order valence-electron chi connectivity index (χ0n) is 13.8. The molecule has 0 aliphatic rings. The van der Waals surface area contributed by atoms with Gasteiger partial charge in [-0.05, 0) is 12.1 Å². The Bertz CT molecular complexity index is 766. The van der Waals surface area contributed by atoms with E-state index in [2.05, 4.69) is 5.32 Å². The van der Waals surface area contributed by atoms with Crippen LogP contribution in [-0.4, -0.2) is 33.5 Å². The molecule has 0 heterocycles. The van der Waals surface area contributed by atoms with E-state index in [4.69, 9.17) is 9.47 Å². The van der Waals surface area contributed by atoms with Gasteiger partial charge in [-0.15, -0.1) is 0 Å². The molecule has 0 bridgehead atoms. The molecule has 0 aliphatic heterocycles. The highest BCUT2D eigenvalue weighted by molar-refractivity contribution is 6.18. The molecule has 124 valence electrons. The number of allylic oxidation sites excluding steroid dienone is 1. The molecular formula is C19H19NO4. The topological polar surface area (TPSA) is 64.6 Å². The van der Waals surface area contributed by atoms with Crippen LogP contribution in [0.5, 0.6) is 0 Å². The largest absolute Gasteiger partial charge is 0.495 e. The van der Waals surface area contributed by atoms with Crippen LogP contribution in [-0.2, 0) is 14.3 Å². The third kappa shape index (κ3) is 3.46. The van der Waals surface area contributed by atoms with E-state index in [1.165, 1.54) is 14.2 Å². The first kappa shape index (κ1) is 17.3. The molecule has 2 aromatic carbocycles. The number of carbonyl (C=O) groups excluding carboxylic acids is 2. The van der Waals surface area contributed by atoms with E-state index in [-0.39, 0.29) is 0 Å². The van der Waals surface area contributed by atoms with E-state index in [1.54, 1.807) is 25.2 Å². The van der Waals surface area contributed by atoms with Gasteiger partial charge in [0.1, 0.15) is 5.76 Å². The highest BCUT2D eigenvalue weighted by Gasteiger charge is 2.17. The van der Waals surface area contributed by atoms with Gasteiger partial charge in [-0.2, -0.15) is 0 Å². The SMILES string of the molecule is CNc1cc(C(=O)OC)ccc1/C(C=O)=C(/OC)c1ccccc1. The fraction of sp³-hybridized carbons (Fsp3) is 0.158. The fourth-order valence-corrected chi connectivity index (χ4v) is 2.44. The quantitative estimate of drug-likeness (QED) is 0.290. The normalized spacial score (nSPS) is 11.3. The van der Waals surface area contributed by atoms with Gasteiger partial charge >= 0.3 is 5.97 Å². The smallest absolute Gasteiger partial charge is 0.337 e. The average Bonchev–Trinajstić information content (AvgIpc) is 2.65. The number of carbonyl (C=O) groups is 2. The Morgan fingerprint density at radius 3 is 2.25 bits per heavy atom. The predicted octanol–water partition coefficient (Wildman–Crippen LogP) is 3.23. The van der Waals surface area contributed by atoms with Crippen LogP contribution in [0.25, 0.3) is 11.3 Å². The van der Waals surface area contributed by atoms with Crippen molar-refractivity contribution in [1.29, 1.82) is 0 Å². The Hall–Kier alpha value is -3.08. The summed E-state index contributed by atoms with van der Waals surface area (Å²) in [5.74, 6) is 0.0256. The molecule has 5 nitrogen and oxygen atoms in total. The molecule has 0 radical (unpaired) electrons. The lowest BCUT2D eigenvalue weighted by atomic mass is 9.98. The maximum absolute atomic E-state index is 11.8. The van der Waals surface area contributed by atoms with E-state index in [9.17, 15) is 9.59 Å². The molecule has 0 atom stereocenters. The summed E-state index contributed by atoms with van der Waals surface area (Å²) >= 11 is 0. The van der Waals surface area contributed by atoms with E-state index >= 15 is 0 Å². The Labute approximate surface area is 140 Å². The van der Waals surface area contributed by atoms with Crippen LogP contribution in [0.15, 0.2) is 48.5 Å². The lowest BCUT2D eigenvalue weighted by Gasteiger charge is -2.15. The van der Waals surface area contributed by atoms with Crippen molar-refractivity contribution >= 4 is 29.3 Å². The second-order valence-electron chi connectivity index (χ2n) is 4.93. The van der Waals surface area contributed by atoms with Gasteiger partial charge in [0, 0.05) is 23.9 Å². The monoisotopic (exact) mass is 325 g/mol. The van der Waals surface area contributed by atoms with Crippen LogP contribution in [0.3, 0.4) is 0 Å².